The molecule has 2 aliphatic rings. The van der Waals surface area contributed by atoms with Crippen molar-refractivity contribution in [1.82, 2.24) is 0 Å². The van der Waals surface area contributed by atoms with Crippen LogP contribution in [0.2, 0.25) is 0 Å². The summed E-state index contributed by atoms with van der Waals surface area (Å²) in [6.07, 6.45) is 1.91. The summed E-state index contributed by atoms with van der Waals surface area (Å²) in [5, 5.41) is 0. The summed E-state index contributed by atoms with van der Waals surface area (Å²) >= 11 is 0. The number of fused-ring (bicyclic) bond motifs is 1. The number of esters is 1. The highest BCUT2D eigenvalue weighted by Crippen LogP contribution is 2.55. The van der Waals surface area contributed by atoms with Crippen molar-refractivity contribution in [2.24, 2.45) is 0 Å². The van der Waals surface area contributed by atoms with Gasteiger partial charge in [-0.1, -0.05) is 0 Å². The summed E-state index contributed by atoms with van der Waals surface area (Å²) in [7, 11) is 0. The molecule has 0 aromatic heterocycles. The Morgan fingerprint density at radius 2 is 2.06 bits per heavy atom. The predicted octanol–water partition coefficient (Wildman–Crippen LogP) is 1.83. The maximum absolute atomic E-state index is 11.6. The van der Waals surface area contributed by atoms with Crippen LogP contribution in [0, 0.1) is 0 Å². The molecule has 2 saturated heterocycles. The Balaban J connectivity index is 2.14. The molecule has 4 atom stereocenters. The van der Waals surface area contributed by atoms with Crippen LogP contribution in [-0.4, -0.2) is 36.0 Å². The predicted molar refractivity (Wildman–Crippen MR) is 62.6 cm³/mol. The van der Waals surface area contributed by atoms with E-state index in [2.05, 4.69) is 0 Å². The normalized spacial score (nSPS) is 44.4. The maximum Gasteiger partial charge on any atom is 0.333 e. The second-order valence-electron chi connectivity index (χ2n) is 5.17. The zero-order valence-electron chi connectivity index (χ0n) is 11.1. The molecule has 0 bridgehead atoms. The first-order valence-electron chi connectivity index (χ1n) is 6.05. The molecule has 0 N–H and O–H groups in total. The summed E-state index contributed by atoms with van der Waals surface area (Å²) in [5.74, 6) is -0.292. The van der Waals surface area contributed by atoms with Gasteiger partial charge in [0.2, 0.25) is 0 Å². The van der Waals surface area contributed by atoms with Crippen molar-refractivity contribution < 1.29 is 19.0 Å². The van der Waals surface area contributed by atoms with Gasteiger partial charge in [0.25, 0.3) is 0 Å². The Morgan fingerprint density at radius 3 is 2.47 bits per heavy atom. The van der Waals surface area contributed by atoms with Crippen molar-refractivity contribution in [3.8, 4) is 0 Å². The fourth-order valence-corrected chi connectivity index (χ4v) is 2.62. The van der Waals surface area contributed by atoms with E-state index in [4.69, 9.17) is 14.2 Å². The van der Waals surface area contributed by atoms with Gasteiger partial charge in [-0.2, -0.15) is 0 Å². The van der Waals surface area contributed by atoms with Crippen molar-refractivity contribution in [2.45, 2.75) is 58.0 Å². The third kappa shape index (κ3) is 1.89. The van der Waals surface area contributed by atoms with Crippen molar-refractivity contribution in [3.05, 3.63) is 11.6 Å². The van der Waals surface area contributed by atoms with Gasteiger partial charge in [-0.3, -0.25) is 0 Å². The maximum atomic E-state index is 11.6. The molecule has 96 valence electrons. The van der Waals surface area contributed by atoms with Crippen molar-refractivity contribution in [1.29, 1.82) is 0 Å². The minimum Gasteiger partial charge on any atom is -0.463 e. The minimum absolute atomic E-state index is 0.0365. The van der Waals surface area contributed by atoms with Crippen LogP contribution in [-0.2, 0) is 19.0 Å². The summed E-state index contributed by atoms with van der Waals surface area (Å²) in [6, 6.07) is 0. The van der Waals surface area contributed by atoms with E-state index >= 15 is 0 Å². The van der Waals surface area contributed by atoms with Crippen molar-refractivity contribution >= 4 is 5.97 Å². The number of hydrogen-bond donors (Lipinski definition) is 0. The van der Waals surface area contributed by atoms with Gasteiger partial charge >= 0.3 is 5.97 Å². The first kappa shape index (κ1) is 12.6. The molecule has 0 spiro atoms. The molecule has 0 saturated carbocycles. The van der Waals surface area contributed by atoms with Gasteiger partial charge in [0.1, 0.15) is 17.3 Å². The Kier molecular flexibility index (Phi) is 2.83. The summed E-state index contributed by atoms with van der Waals surface area (Å²) in [5.41, 5.74) is -0.146. The van der Waals surface area contributed by atoms with E-state index in [0.717, 1.165) is 0 Å². The molecule has 2 rings (SSSR count). The zero-order valence-corrected chi connectivity index (χ0v) is 11.1. The van der Waals surface area contributed by atoms with Crippen LogP contribution in [0.25, 0.3) is 0 Å². The van der Waals surface area contributed by atoms with Crippen LogP contribution in [0.3, 0.4) is 0 Å². The third-order valence-electron chi connectivity index (χ3n) is 3.69. The molecule has 2 fully saturated rings. The quantitative estimate of drug-likeness (QED) is 0.429. The molecule has 2 heterocycles. The van der Waals surface area contributed by atoms with Gasteiger partial charge in [-0.05, 0) is 40.7 Å². The molecule has 0 aromatic carbocycles. The molecule has 2 aliphatic heterocycles. The molecule has 4 heteroatoms. The number of hydrogen-bond acceptors (Lipinski definition) is 4. The van der Waals surface area contributed by atoms with E-state index in [9.17, 15) is 4.79 Å². The molecule has 0 radical (unpaired) electrons. The lowest BCUT2D eigenvalue weighted by molar-refractivity contribution is -0.138. The number of ether oxygens (including phenoxy) is 3. The Labute approximate surface area is 102 Å². The molecular formula is C13H20O4. The van der Waals surface area contributed by atoms with Crippen LogP contribution in [0.5, 0.6) is 0 Å². The fourth-order valence-electron chi connectivity index (χ4n) is 2.62. The second kappa shape index (κ2) is 3.82. The average Bonchev–Trinajstić information content (AvgIpc) is 2.88. The lowest BCUT2D eigenvalue weighted by atomic mass is 9.93. The topological polar surface area (TPSA) is 48.1 Å². The minimum atomic E-state index is -0.523. The van der Waals surface area contributed by atoms with E-state index in [1.54, 1.807) is 13.8 Å². The van der Waals surface area contributed by atoms with Crippen LogP contribution in [0.1, 0.15) is 34.6 Å². The Hall–Kier alpha value is -0.870. The smallest absolute Gasteiger partial charge is 0.333 e. The Bertz CT molecular complexity index is 376. The molecule has 0 aromatic rings. The highest BCUT2D eigenvalue weighted by Gasteiger charge is 2.71. The molecular weight excluding hydrogens is 220 g/mol. The monoisotopic (exact) mass is 240 g/mol. The number of carbonyl (C=O) groups is 1. The highest BCUT2D eigenvalue weighted by atomic mass is 16.7. The molecule has 17 heavy (non-hydrogen) atoms. The first-order valence-corrected chi connectivity index (χ1v) is 6.05. The molecule has 0 aliphatic carbocycles. The van der Waals surface area contributed by atoms with Gasteiger partial charge in [-0.15, -0.1) is 0 Å². The van der Waals surface area contributed by atoms with E-state index in [1.807, 2.05) is 26.8 Å². The van der Waals surface area contributed by atoms with Gasteiger partial charge < -0.3 is 14.2 Å². The molecule has 4 nitrogen and oxygen atoms in total. The van der Waals surface area contributed by atoms with Gasteiger partial charge in [-0.25, -0.2) is 4.79 Å². The van der Waals surface area contributed by atoms with E-state index < -0.39 is 5.60 Å². The van der Waals surface area contributed by atoms with Crippen LogP contribution in [0.15, 0.2) is 11.6 Å². The lowest BCUT2D eigenvalue weighted by Gasteiger charge is -2.24. The fraction of sp³-hybridized carbons (Fsp3) is 0.769. The zero-order chi connectivity index (χ0) is 12.8. The first-order chi connectivity index (χ1) is 7.83. The van der Waals surface area contributed by atoms with Crippen LogP contribution in [0.4, 0.5) is 0 Å². The summed E-state index contributed by atoms with van der Waals surface area (Å²) in [4.78, 5) is 11.6. The number of epoxide rings is 1. The molecule has 0 amide bonds. The lowest BCUT2D eigenvalue weighted by Crippen LogP contribution is -2.31. The SMILES string of the molecule is CCOC(=O)/C(C)=C/[C@@]1(C)O[C@@H](C)[C@]2(C)O[C@@H]21. The van der Waals surface area contributed by atoms with Crippen LogP contribution < -0.4 is 0 Å². The van der Waals surface area contributed by atoms with Gasteiger partial charge in [0.15, 0.2) is 0 Å². The van der Waals surface area contributed by atoms with Crippen molar-refractivity contribution in [3.63, 3.8) is 0 Å². The van der Waals surface area contributed by atoms with Gasteiger partial charge in [0.05, 0.1) is 12.7 Å². The van der Waals surface area contributed by atoms with E-state index in [1.165, 1.54) is 0 Å². The van der Waals surface area contributed by atoms with Crippen LogP contribution >= 0.6 is 0 Å². The van der Waals surface area contributed by atoms with Gasteiger partial charge in [0, 0.05) is 5.57 Å². The average molecular weight is 240 g/mol. The van der Waals surface area contributed by atoms with Crippen molar-refractivity contribution in [2.75, 3.05) is 6.61 Å². The number of rotatable bonds is 3. The van der Waals surface area contributed by atoms with E-state index in [-0.39, 0.29) is 23.8 Å². The summed E-state index contributed by atoms with van der Waals surface area (Å²) in [6.45, 7) is 9.92. The molecule has 0 unspecified atom stereocenters. The second-order valence-corrected chi connectivity index (χ2v) is 5.17. The standard InChI is InChI=1S/C13H20O4/c1-6-15-10(14)8(2)7-12(4)11-13(5,17-11)9(3)16-12/h7,9,11H,6H2,1-5H3/b8-7+/t9-,11+,12+,13-/m0/s1. The third-order valence-corrected chi connectivity index (χ3v) is 3.69. The highest BCUT2D eigenvalue weighted by molar-refractivity contribution is 5.88. The summed E-state index contributed by atoms with van der Waals surface area (Å²) < 4.78 is 16.5. The van der Waals surface area contributed by atoms with E-state index in [0.29, 0.717) is 12.2 Å². The Morgan fingerprint density at radius 1 is 1.41 bits per heavy atom. The number of carbonyl (C=O) groups excluding carboxylic acids is 1. The largest absolute Gasteiger partial charge is 0.463 e.